The van der Waals surface area contributed by atoms with Gasteiger partial charge in [-0.15, -0.1) is 0 Å². The molecule has 34 heavy (non-hydrogen) atoms. The molecule has 0 saturated heterocycles. The Hall–Kier alpha value is -4.59. The molecule has 4 aromatic rings. The molecule has 3 aromatic heterocycles. The molecule has 1 amide bonds. The highest BCUT2D eigenvalue weighted by atomic mass is 16.5. The van der Waals surface area contributed by atoms with Crippen LogP contribution in [-0.4, -0.2) is 32.3 Å². The standard InChI is InChI=1S/C23H18N4O7/c1-12-5-3-4-6-14(12)11-31-22(30)25-17-13(2)27-34-15(17)7-8-16-24-18-19(32-16)26-20(33-18)23(9-10-23)21(28)29/h3-6H,9-11H2,1-2H3,(H,25,30)(H,28,29). The molecular formula is C23H18N4O7. The Morgan fingerprint density at radius 3 is 2.62 bits per heavy atom. The van der Waals surface area contributed by atoms with Gasteiger partial charge in [-0.05, 0) is 43.7 Å². The first-order valence-electron chi connectivity index (χ1n) is 10.3. The van der Waals surface area contributed by atoms with Crippen LogP contribution < -0.4 is 5.32 Å². The zero-order valence-electron chi connectivity index (χ0n) is 18.2. The number of anilines is 1. The topological polar surface area (TPSA) is 154 Å². The van der Waals surface area contributed by atoms with Crippen molar-refractivity contribution in [3.8, 4) is 11.8 Å². The van der Waals surface area contributed by atoms with Crippen LogP contribution in [0.4, 0.5) is 10.5 Å². The Kier molecular flexibility index (Phi) is 5.05. The third-order valence-electron chi connectivity index (χ3n) is 5.54. The van der Waals surface area contributed by atoms with Gasteiger partial charge in [-0.25, -0.2) is 4.79 Å². The normalized spacial score (nSPS) is 13.8. The van der Waals surface area contributed by atoms with E-state index in [0.29, 0.717) is 18.5 Å². The number of carboxylic acid groups (broad SMARTS) is 1. The average molecular weight is 462 g/mol. The lowest BCUT2D eigenvalue weighted by molar-refractivity contribution is -0.140. The number of ether oxygens (including phenoxy) is 1. The fraction of sp³-hybridized carbons (Fsp3) is 0.261. The molecule has 0 unspecified atom stereocenters. The number of oxazole rings is 2. The summed E-state index contributed by atoms with van der Waals surface area (Å²) in [4.78, 5) is 31.9. The van der Waals surface area contributed by atoms with Gasteiger partial charge in [-0.1, -0.05) is 29.4 Å². The lowest BCUT2D eigenvalue weighted by Crippen LogP contribution is -2.19. The number of nitrogens with one attached hydrogen (secondary N) is 1. The van der Waals surface area contributed by atoms with Gasteiger partial charge in [-0.2, -0.15) is 9.97 Å². The van der Waals surface area contributed by atoms with Crippen molar-refractivity contribution in [2.75, 3.05) is 5.32 Å². The van der Waals surface area contributed by atoms with Crippen molar-refractivity contribution >= 4 is 29.2 Å². The second kappa shape index (κ2) is 8.08. The van der Waals surface area contributed by atoms with E-state index >= 15 is 0 Å². The van der Waals surface area contributed by atoms with Gasteiger partial charge in [0.2, 0.25) is 11.7 Å². The van der Waals surface area contributed by atoms with E-state index in [-0.39, 0.29) is 41.3 Å². The quantitative estimate of drug-likeness (QED) is 0.420. The number of hydrogen-bond acceptors (Lipinski definition) is 9. The number of rotatable bonds is 5. The summed E-state index contributed by atoms with van der Waals surface area (Å²) >= 11 is 0. The molecular weight excluding hydrogens is 444 g/mol. The number of carbonyl (C=O) groups excluding carboxylic acids is 1. The highest BCUT2D eigenvalue weighted by Crippen LogP contribution is 2.48. The van der Waals surface area contributed by atoms with Crippen LogP contribution in [0.25, 0.3) is 11.4 Å². The predicted molar refractivity (Wildman–Crippen MR) is 115 cm³/mol. The summed E-state index contributed by atoms with van der Waals surface area (Å²) in [7, 11) is 0. The maximum absolute atomic E-state index is 12.3. The molecule has 0 atom stereocenters. The van der Waals surface area contributed by atoms with Gasteiger partial charge < -0.3 is 23.2 Å². The van der Waals surface area contributed by atoms with E-state index in [0.717, 1.165) is 11.1 Å². The van der Waals surface area contributed by atoms with E-state index in [1.807, 2.05) is 31.2 Å². The monoisotopic (exact) mass is 462 g/mol. The zero-order chi connectivity index (χ0) is 23.9. The fourth-order valence-electron chi connectivity index (χ4n) is 3.31. The Morgan fingerprint density at radius 2 is 1.91 bits per heavy atom. The number of benzene rings is 1. The summed E-state index contributed by atoms with van der Waals surface area (Å²) in [5.41, 5.74) is 1.58. The van der Waals surface area contributed by atoms with Crippen molar-refractivity contribution in [1.29, 1.82) is 0 Å². The molecule has 11 nitrogen and oxygen atoms in total. The van der Waals surface area contributed by atoms with Crippen LogP contribution in [-0.2, 0) is 21.6 Å². The third kappa shape index (κ3) is 3.86. The number of amides is 1. The smallest absolute Gasteiger partial charge is 0.412 e. The number of hydrogen-bond donors (Lipinski definition) is 2. The number of carbonyl (C=O) groups is 2. The van der Waals surface area contributed by atoms with Crippen LogP contribution in [0.5, 0.6) is 0 Å². The molecule has 1 aromatic carbocycles. The van der Waals surface area contributed by atoms with Gasteiger partial charge in [0.25, 0.3) is 17.3 Å². The van der Waals surface area contributed by atoms with E-state index in [4.69, 9.17) is 18.1 Å². The molecule has 1 aliphatic rings. The summed E-state index contributed by atoms with van der Waals surface area (Å²) < 4.78 is 21.4. The second-order valence-electron chi connectivity index (χ2n) is 7.89. The number of aliphatic carboxylic acids is 1. The molecule has 5 rings (SSSR count). The number of fused-ring (bicyclic) bond motifs is 1. The SMILES string of the molecule is Cc1ccccc1COC(=O)Nc1c(C)noc1C#Cc1nc2oc(C3(C(=O)O)CC3)nc2o1. The molecule has 0 radical (unpaired) electrons. The molecule has 0 aliphatic heterocycles. The van der Waals surface area contributed by atoms with Crippen molar-refractivity contribution in [1.82, 2.24) is 15.1 Å². The summed E-state index contributed by atoms with van der Waals surface area (Å²) in [6.45, 7) is 3.68. The molecule has 0 spiro atoms. The van der Waals surface area contributed by atoms with E-state index in [9.17, 15) is 14.7 Å². The summed E-state index contributed by atoms with van der Waals surface area (Å²) in [6, 6.07) is 7.58. The van der Waals surface area contributed by atoms with Crippen molar-refractivity contribution < 1.29 is 32.8 Å². The van der Waals surface area contributed by atoms with Gasteiger partial charge in [0.05, 0.1) is 0 Å². The lowest BCUT2D eigenvalue weighted by Gasteiger charge is -2.08. The summed E-state index contributed by atoms with van der Waals surface area (Å²) in [5.74, 6) is 4.49. The average Bonchev–Trinajstić information content (AvgIpc) is 3.25. The Bertz CT molecular complexity index is 1450. The fourth-order valence-corrected chi connectivity index (χ4v) is 3.31. The summed E-state index contributed by atoms with van der Waals surface area (Å²) in [6.07, 6.45) is 0.216. The largest absolute Gasteiger partial charge is 0.480 e. The minimum atomic E-state index is -1.10. The molecule has 3 heterocycles. The van der Waals surface area contributed by atoms with E-state index < -0.39 is 17.5 Å². The van der Waals surface area contributed by atoms with Gasteiger partial charge in [0.15, 0.2) is 0 Å². The second-order valence-corrected chi connectivity index (χ2v) is 7.89. The first-order chi connectivity index (χ1) is 16.4. The molecule has 1 saturated carbocycles. The maximum atomic E-state index is 12.3. The van der Waals surface area contributed by atoms with E-state index in [1.165, 1.54) is 0 Å². The van der Waals surface area contributed by atoms with Crippen LogP contribution in [0, 0.1) is 25.7 Å². The highest BCUT2D eigenvalue weighted by molar-refractivity contribution is 5.87. The van der Waals surface area contributed by atoms with Crippen LogP contribution in [0.1, 0.15) is 47.2 Å². The number of aromatic nitrogens is 3. The minimum Gasteiger partial charge on any atom is -0.480 e. The number of nitrogens with zero attached hydrogens (tertiary/aromatic N) is 3. The number of aryl methyl sites for hydroxylation is 2. The molecule has 2 N–H and O–H groups in total. The van der Waals surface area contributed by atoms with Gasteiger partial charge in [-0.3, -0.25) is 10.1 Å². The Balaban J connectivity index is 1.29. The lowest BCUT2D eigenvalue weighted by atomic mass is 10.1. The van der Waals surface area contributed by atoms with Crippen LogP contribution in [0.2, 0.25) is 0 Å². The van der Waals surface area contributed by atoms with Crippen molar-refractivity contribution in [3.05, 3.63) is 58.6 Å². The Morgan fingerprint density at radius 1 is 1.15 bits per heavy atom. The highest BCUT2D eigenvalue weighted by Gasteiger charge is 2.56. The Labute approximate surface area is 192 Å². The molecule has 172 valence electrons. The number of carboxylic acids is 1. The van der Waals surface area contributed by atoms with Crippen molar-refractivity contribution in [3.63, 3.8) is 0 Å². The molecule has 1 fully saturated rings. The van der Waals surface area contributed by atoms with Crippen molar-refractivity contribution in [2.24, 2.45) is 0 Å². The van der Waals surface area contributed by atoms with E-state index in [1.54, 1.807) is 6.92 Å². The first kappa shape index (κ1) is 21.3. The van der Waals surface area contributed by atoms with Gasteiger partial charge in [0.1, 0.15) is 23.4 Å². The van der Waals surface area contributed by atoms with Gasteiger partial charge in [0, 0.05) is 5.92 Å². The first-order valence-corrected chi connectivity index (χ1v) is 10.3. The molecule has 11 heteroatoms. The van der Waals surface area contributed by atoms with Crippen LogP contribution >= 0.6 is 0 Å². The summed E-state index contributed by atoms with van der Waals surface area (Å²) in [5, 5.41) is 15.8. The van der Waals surface area contributed by atoms with Crippen LogP contribution in [0.15, 0.2) is 37.6 Å². The third-order valence-corrected chi connectivity index (χ3v) is 5.54. The van der Waals surface area contributed by atoms with Gasteiger partial charge >= 0.3 is 12.1 Å². The molecule has 1 aliphatic carbocycles. The molecule has 0 bridgehead atoms. The zero-order valence-corrected chi connectivity index (χ0v) is 18.2. The predicted octanol–water partition coefficient (Wildman–Crippen LogP) is 3.69. The maximum Gasteiger partial charge on any atom is 0.412 e. The van der Waals surface area contributed by atoms with E-state index in [2.05, 4.69) is 32.3 Å². The van der Waals surface area contributed by atoms with Crippen LogP contribution in [0.3, 0.4) is 0 Å². The minimum absolute atomic E-state index is 0.0184. The van der Waals surface area contributed by atoms with Crippen molar-refractivity contribution in [2.45, 2.75) is 38.7 Å².